The molecule has 1 saturated carbocycles. The predicted octanol–water partition coefficient (Wildman–Crippen LogP) is 7.37. The highest BCUT2D eigenvalue weighted by molar-refractivity contribution is 6.18. The molecule has 52 heavy (non-hydrogen) atoms. The number of allylic oxidation sites excluding steroid dienone is 1. The molecule has 2 N–H and O–H groups in total. The molecule has 1 heterocycles. The van der Waals surface area contributed by atoms with Crippen LogP contribution in [0.4, 0.5) is 9.18 Å². The number of amides is 1. The van der Waals surface area contributed by atoms with Gasteiger partial charge in [-0.1, -0.05) is 48.3 Å². The van der Waals surface area contributed by atoms with Gasteiger partial charge in [-0.15, -0.1) is 18.2 Å². The summed E-state index contributed by atoms with van der Waals surface area (Å²) in [5.74, 6) is -0.978. The lowest BCUT2D eigenvalue weighted by molar-refractivity contribution is -0.253. The maximum atomic E-state index is 14.6. The van der Waals surface area contributed by atoms with Crippen LogP contribution in [0.5, 0.6) is 11.5 Å². The Morgan fingerprint density at radius 2 is 1.92 bits per heavy atom. The fourth-order valence-corrected chi connectivity index (χ4v) is 8.17. The molecule has 0 aromatic heterocycles. The number of halogens is 2. The van der Waals surface area contributed by atoms with E-state index in [9.17, 15) is 19.4 Å². The largest absolute Gasteiger partial charge is 0.489 e. The lowest BCUT2D eigenvalue weighted by Gasteiger charge is -2.59. The quantitative estimate of drug-likeness (QED) is 0.0664. The summed E-state index contributed by atoms with van der Waals surface area (Å²) in [6, 6.07) is 11.5. The number of oxime groups is 1. The molecule has 10 nitrogen and oxygen atoms in total. The molecular weight excluding hydrogens is 691 g/mol. The molecule has 1 fully saturated rings. The maximum absolute atomic E-state index is 14.6. The third-order valence-electron chi connectivity index (χ3n) is 10.4. The number of unbranched alkanes of at least 4 members (excludes halogenated alkanes) is 2. The van der Waals surface area contributed by atoms with Crippen LogP contribution in [0.1, 0.15) is 68.9 Å². The smallest absolute Gasteiger partial charge is 0.410 e. The fourth-order valence-electron chi connectivity index (χ4n) is 8.09. The molecule has 1 amide bonds. The van der Waals surface area contributed by atoms with Crippen LogP contribution in [-0.4, -0.2) is 84.7 Å². The van der Waals surface area contributed by atoms with Crippen LogP contribution < -0.4 is 9.47 Å². The van der Waals surface area contributed by atoms with E-state index in [0.717, 1.165) is 36.8 Å². The second kappa shape index (κ2) is 18.9. The summed E-state index contributed by atoms with van der Waals surface area (Å²) in [5, 5.41) is 24.2. The summed E-state index contributed by atoms with van der Waals surface area (Å²) in [6.45, 7) is 6.57. The van der Waals surface area contributed by atoms with E-state index < -0.39 is 23.8 Å². The van der Waals surface area contributed by atoms with Crippen molar-refractivity contribution < 1.29 is 43.2 Å². The van der Waals surface area contributed by atoms with Crippen molar-refractivity contribution in [2.75, 3.05) is 46.0 Å². The van der Waals surface area contributed by atoms with Gasteiger partial charge in [0.05, 0.1) is 24.1 Å². The normalized spacial score (nSPS) is 25.3. The first kappa shape index (κ1) is 39.6. The number of nitrogens with zero attached hydrogens (tertiary/aromatic N) is 2. The molecule has 0 spiro atoms. The van der Waals surface area contributed by atoms with Crippen molar-refractivity contribution in [2.24, 2.45) is 22.9 Å². The fraction of sp³-hybridized carbons (Fsp3) is 0.550. The first-order chi connectivity index (χ1) is 25.3. The topological polar surface area (TPSA) is 119 Å². The summed E-state index contributed by atoms with van der Waals surface area (Å²) in [4.78, 5) is 20.8. The number of aliphatic hydroxyl groups excluding tert-OH is 2. The number of ether oxygens (including phenoxy) is 4. The molecule has 1 aliphatic heterocycles. The Morgan fingerprint density at radius 1 is 1.15 bits per heavy atom. The number of carbonyl (C=O) groups excluding carboxylic acids is 1. The van der Waals surface area contributed by atoms with Crippen LogP contribution in [0.3, 0.4) is 0 Å². The number of benzene rings is 2. The van der Waals surface area contributed by atoms with Crippen molar-refractivity contribution in [1.82, 2.24) is 4.90 Å². The van der Waals surface area contributed by atoms with E-state index >= 15 is 0 Å². The standard InChI is InChI=1S/C40H52ClFN2O8/c1-4-21-50-40-36(44(3)39(47)48-22-18-41)25-34(43-51-5-2)31-23-27(12-8-10-19-45)30(14-9-11-20-46)37(38(31)40)32-24-29(16-17-35(32)52-40)49-26-28-13-6-7-15-33(28)42/h4,6-7,13,15-17,23-24,27,30,36-38,45-46H,1,5,8-12,14,18-22,25-26H2,2-3H3/t27-,30+,36-,37+,38+,40+/m0/s1. The maximum Gasteiger partial charge on any atom is 0.410 e. The van der Waals surface area contributed by atoms with Gasteiger partial charge in [0.15, 0.2) is 0 Å². The van der Waals surface area contributed by atoms with Crippen LogP contribution in [-0.2, 0) is 20.9 Å². The Labute approximate surface area is 311 Å². The zero-order chi connectivity index (χ0) is 37.1. The van der Waals surface area contributed by atoms with Gasteiger partial charge in [0.25, 0.3) is 0 Å². The summed E-state index contributed by atoms with van der Waals surface area (Å²) in [7, 11) is 1.67. The minimum absolute atomic E-state index is 0.0386. The Morgan fingerprint density at radius 3 is 2.63 bits per heavy atom. The molecule has 2 aromatic rings. The molecular formula is C40H52ClFN2O8. The lowest BCUT2D eigenvalue weighted by Crippen LogP contribution is -2.69. The van der Waals surface area contributed by atoms with E-state index in [-0.39, 0.29) is 68.9 Å². The van der Waals surface area contributed by atoms with Gasteiger partial charge in [-0.2, -0.15) is 0 Å². The second-order valence-corrected chi connectivity index (χ2v) is 13.9. The molecule has 0 saturated heterocycles. The molecule has 0 bridgehead atoms. The van der Waals surface area contributed by atoms with Crippen LogP contribution in [0, 0.1) is 23.6 Å². The van der Waals surface area contributed by atoms with Crippen LogP contribution >= 0.6 is 11.6 Å². The Balaban J connectivity index is 1.71. The van der Waals surface area contributed by atoms with E-state index in [1.54, 1.807) is 37.4 Å². The Hall–Kier alpha value is -3.64. The van der Waals surface area contributed by atoms with Crippen LogP contribution in [0.15, 0.2) is 71.9 Å². The molecule has 12 heteroatoms. The predicted molar refractivity (Wildman–Crippen MR) is 197 cm³/mol. The highest BCUT2D eigenvalue weighted by Crippen LogP contribution is 2.61. The van der Waals surface area contributed by atoms with Gasteiger partial charge in [-0.05, 0) is 74.3 Å². The van der Waals surface area contributed by atoms with Crippen LogP contribution in [0.25, 0.3) is 0 Å². The number of likely N-dealkylation sites (N-methyl/N-ethyl adjacent to an activating group) is 1. The van der Waals surface area contributed by atoms with Crippen molar-refractivity contribution >= 4 is 23.4 Å². The second-order valence-electron chi connectivity index (χ2n) is 13.5. The molecule has 0 radical (unpaired) electrons. The Bertz CT molecular complexity index is 1570. The van der Waals surface area contributed by atoms with E-state index in [4.69, 9.17) is 35.4 Å². The highest BCUT2D eigenvalue weighted by atomic mass is 35.5. The number of hydrogen-bond donors (Lipinski definition) is 2. The van der Waals surface area contributed by atoms with Gasteiger partial charge < -0.3 is 38.9 Å². The summed E-state index contributed by atoms with van der Waals surface area (Å²) in [6.07, 6.45) is 8.19. The van der Waals surface area contributed by atoms with E-state index in [1.165, 1.54) is 11.0 Å². The van der Waals surface area contributed by atoms with Crippen molar-refractivity contribution in [3.63, 3.8) is 0 Å². The van der Waals surface area contributed by atoms with E-state index in [0.29, 0.717) is 42.2 Å². The SMILES string of the molecule is C=CCO[C@@]12Oc3ccc(OCc4ccccc4F)cc3[C@H]3[C@H](CCCCO)[C@@H](CCCCO)C=C(C(=NOCC)C[C@@H]1N(C)C(=O)OCCCl)[C@H]32. The van der Waals surface area contributed by atoms with Gasteiger partial charge in [-0.3, -0.25) is 0 Å². The minimum Gasteiger partial charge on any atom is -0.489 e. The average molecular weight is 743 g/mol. The molecule has 3 aliphatic rings. The average Bonchev–Trinajstić information content (AvgIpc) is 3.16. The number of hydrogen-bond acceptors (Lipinski definition) is 9. The number of aliphatic hydroxyl groups is 2. The number of alkyl halides is 1. The number of carbonyl (C=O) groups is 1. The van der Waals surface area contributed by atoms with Gasteiger partial charge in [0.2, 0.25) is 5.79 Å². The van der Waals surface area contributed by atoms with Gasteiger partial charge in [0, 0.05) is 43.7 Å². The molecule has 0 unspecified atom stereocenters. The lowest BCUT2D eigenvalue weighted by atomic mass is 9.55. The first-order valence-corrected chi connectivity index (χ1v) is 18.9. The van der Waals surface area contributed by atoms with Crippen molar-refractivity contribution in [3.05, 3.63) is 83.7 Å². The molecule has 2 aromatic carbocycles. The first-order valence-electron chi connectivity index (χ1n) is 18.4. The number of rotatable bonds is 19. The third kappa shape index (κ3) is 8.59. The van der Waals surface area contributed by atoms with Gasteiger partial charge in [0.1, 0.15) is 43.2 Å². The zero-order valence-electron chi connectivity index (χ0n) is 30.2. The highest BCUT2D eigenvalue weighted by Gasteiger charge is 2.65. The van der Waals surface area contributed by atoms with E-state index in [2.05, 4.69) is 17.8 Å². The van der Waals surface area contributed by atoms with Gasteiger partial charge in [-0.25, -0.2) is 9.18 Å². The van der Waals surface area contributed by atoms with Crippen molar-refractivity contribution in [2.45, 2.75) is 76.2 Å². The van der Waals surface area contributed by atoms with Crippen molar-refractivity contribution in [1.29, 1.82) is 0 Å². The van der Waals surface area contributed by atoms with E-state index in [1.807, 2.05) is 19.1 Å². The van der Waals surface area contributed by atoms with Gasteiger partial charge >= 0.3 is 6.09 Å². The molecule has 6 atom stereocenters. The molecule has 5 rings (SSSR count). The third-order valence-corrected chi connectivity index (χ3v) is 10.5. The molecule has 2 aliphatic carbocycles. The molecule has 284 valence electrons. The number of fused-ring (bicyclic) bond motifs is 2. The Kier molecular flexibility index (Phi) is 14.4. The summed E-state index contributed by atoms with van der Waals surface area (Å²) < 4.78 is 40.2. The van der Waals surface area contributed by atoms with Crippen LogP contribution in [0.2, 0.25) is 0 Å². The summed E-state index contributed by atoms with van der Waals surface area (Å²) in [5.41, 5.74) is 2.97. The zero-order valence-corrected chi connectivity index (χ0v) is 30.9. The summed E-state index contributed by atoms with van der Waals surface area (Å²) >= 11 is 5.89. The monoisotopic (exact) mass is 742 g/mol. The van der Waals surface area contributed by atoms with Crippen molar-refractivity contribution in [3.8, 4) is 11.5 Å². The minimum atomic E-state index is -1.39.